The van der Waals surface area contributed by atoms with Crippen LogP contribution in [-0.2, 0) is 0 Å². The minimum atomic E-state index is -0.242. The summed E-state index contributed by atoms with van der Waals surface area (Å²) in [6.07, 6.45) is 3.18. The Morgan fingerprint density at radius 3 is 2.65 bits per heavy atom. The summed E-state index contributed by atoms with van der Waals surface area (Å²) < 4.78 is 0.875. The summed E-state index contributed by atoms with van der Waals surface area (Å²) in [7, 11) is 0. The molecule has 0 radical (unpaired) electrons. The fourth-order valence-electron chi connectivity index (χ4n) is 3.88. The second-order valence-electron chi connectivity index (χ2n) is 7.05. The van der Waals surface area contributed by atoms with E-state index in [0.717, 1.165) is 23.0 Å². The molecule has 4 heteroatoms. The lowest BCUT2D eigenvalue weighted by Gasteiger charge is -2.47. The van der Waals surface area contributed by atoms with Crippen LogP contribution >= 0.6 is 27.5 Å². The van der Waals surface area contributed by atoms with Crippen LogP contribution in [0.5, 0.6) is 0 Å². The van der Waals surface area contributed by atoms with E-state index in [0.29, 0.717) is 10.9 Å². The van der Waals surface area contributed by atoms with E-state index in [2.05, 4.69) is 42.0 Å². The SMILES string of the molecule is CC1CC(C)(C)CC(CO)(Nc2ccc(Cl)c(Br)c2)C1. The van der Waals surface area contributed by atoms with Crippen LogP contribution in [-0.4, -0.2) is 17.3 Å². The maximum Gasteiger partial charge on any atom is 0.0661 e. The number of hydrogen-bond donors (Lipinski definition) is 2. The van der Waals surface area contributed by atoms with Gasteiger partial charge >= 0.3 is 0 Å². The Hall–Kier alpha value is -0.250. The third-order valence-corrected chi connectivity index (χ3v) is 5.30. The van der Waals surface area contributed by atoms with Crippen LogP contribution in [0.4, 0.5) is 5.69 Å². The van der Waals surface area contributed by atoms with Crippen molar-refractivity contribution >= 4 is 33.2 Å². The van der Waals surface area contributed by atoms with Crippen molar-refractivity contribution in [2.45, 2.75) is 45.6 Å². The van der Waals surface area contributed by atoms with Crippen molar-refractivity contribution in [3.63, 3.8) is 0 Å². The molecule has 1 aromatic rings. The summed E-state index contributed by atoms with van der Waals surface area (Å²) in [4.78, 5) is 0. The molecular formula is C16H23BrClNO. The predicted molar refractivity (Wildman–Crippen MR) is 89.4 cm³/mol. The maximum atomic E-state index is 9.98. The zero-order valence-electron chi connectivity index (χ0n) is 12.3. The maximum absolute atomic E-state index is 9.98. The van der Waals surface area contributed by atoms with Gasteiger partial charge in [0.25, 0.3) is 0 Å². The van der Waals surface area contributed by atoms with E-state index >= 15 is 0 Å². The average molecular weight is 361 g/mol. The molecule has 2 atom stereocenters. The number of rotatable bonds is 3. The smallest absolute Gasteiger partial charge is 0.0661 e. The predicted octanol–water partition coefficient (Wildman–Crippen LogP) is 5.09. The summed E-state index contributed by atoms with van der Waals surface area (Å²) in [5.41, 5.74) is 1.01. The van der Waals surface area contributed by atoms with Crippen LogP contribution in [0.2, 0.25) is 5.02 Å². The number of nitrogens with one attached hydrogen (secondary N) is 1. The van der Waals surface area contributed by atoms with E-state index in [9.17, 15) is 5.11 Å². The third-order valence-electron chi connectivity index (χ3n) is 4.09. The second kappa shape index (κ2) is 5.86. The van der Waals surface area contributed by atoms with Crippen molar-refractivity contribution in [1.29, 1.82) is 0 Å². The first-order valence-electron chi connectivity index (χ1n) is 7.09. The molecule has 1 aliphatic rings. The second-order valence-corrected chi connectivity index (χ2v) is 8.31. The fraction of sp³-hybridized carbons (Fsp3) is 0.625. The van der Waals surface area contributed by atoms with Crippen molar-refractivity contribution in [1.82, 2.24) is 0 Å². The summed E-state index contributed by atoms with van der Waals surface area (Å²) >= 11 is 9.49. The van der Waals surface area contributed by atoms with Gasteiger partial charge in [-0.1, -0.05) is 32.4 Å². The van der Waals surface area contributed by atoms with Crippen molar-refractivity contribution < 1.29 is 5.11 Å². The van der Waals surface area contributed by atoms with Gasteiger partial charge in [-0.05, 0) is 64.7 Å². The van der Waals surface area contributed by atoms with Crippen LogP contribution in [0.1, 0.15) is 40.0 Å². The summed E-state index contributed by atoms with van der Waals surface area (Å²) in [5, 5.41) is 14.2. The molecule has 0 bridgehead atoms. The highest BCUT2D eigenvalue weighted by Gasteiger charge is 2.42. The van der Waals surface area contributed by atoms with Crippen molar-refractivity contribution in [3.05, 3.63) is 27.7 Å². The number of aliphatic hydroxyl groups is 1. The van der Waals surface area contributed by atoms with Gasteiger partial charge in [-0.25, -0.2) is 0 Å². The summed E-state index contributed by atoms with van der Waals surface area (Å²) in [6.45, 7) is 6.99. The van der Waals surface area contributed by atoms with E-state index in [-0.39, 0.29) is 17.6 Å². The normalized spacial score (nSPS) is 29.2. The summed E-state index contributed by atoms with van der Waals surface area (Å²) in [6, 6.07) is 5.82. The van der Waals surface area contributed by atoms with Gasteiger partial charge in [-0.15, -0.1) is 0 Å². The fourth-order valence-corrected chi connectivity index (χ4v) is 4.37. The molecule has 2 nitrogen and oxygen atoms in total. The van der Waals surface area contributed by atoms with E-state index in [1.54, 1.807) is 0 Å². The minimum Gasteiger partial charge on any atom is -0.394 e. The average Bonchev–Trinajstić information content (AvgIpc) is 2.31. The molecule has 1 aromatic carbocycles. The Bertz CT molecular complexity index is 491. The standard InChI is InChI=1S/C16H23BrClNO/c1-11-7-15(2,3)9-16(8-11,10-20)19-12-4-5-14(18)13(17)6-12/h4-6,11,19-20H,7-10H2,1-3H3. The topological polar surface area (TPSA) is 32.3 Å². The molecular weight excluding hydrogens is 338 g/mol. The highest BCUT2D eigenvalue weighted by molar-refractivity contribution is 9.10. The molecule has 2 N–H and O–H groups in total. The highest BCUT2D eigenvalue weighted by Crippen LogP contribution is 2.45. The molecule has 20 heavy (non-hydrogen) atoms. The van der Waals surface area contributed by atoms with Crippen molar-refractivity contribution in [2.75, 3.05) is 11.9 Å². The molecule has 0 amide bonds. The Labute approximate surface area is 135 Å². The van der Waals surface area contributed by atoms with Crippen LogP contribution in [0, 0.1) is 11.3 Å². The molecule has 0 heterocycles. The molecule has 2 rings (SSSR count). The Kier molecular flexibility index (Phi) is 4.73. The molecule has 1 aliphatic carbocycles. The Balaban J connectivity index is 2.24. The van der Waals surface area contributed by atoms with Gasteiger partial charge in [-0.3, -0.25) is 0 Å². The Morgan fingerprint density at radius 2 is 2.10 bits per heavy atom. The number of benzene rings is 1. The molecule has 2 unspecified atom stereocenters. The first-order valence-corrected chi connectivity index (χ1v) is 8.26. The molecule has 0 aliphatic heterocycles. The van der Waals surface area contributed by atoms with Gasteiger partial charge < -0.3 is 10.4 Å². The quantitative estimate of drug-likeness (QED) is 0.786. The highest BCUT2D eigenvalue weighted by atomic mass is 79.9. The van der Waals surface area contributed by atoms with Crippen LogP contribution < -0.4 is 5.32 Å². The van der Waals surface area contributed by atoms with E-state index in [4.69, 9.17) is 11.6 Å². The van der Waals surface area contributed by atoms with Crippen molar-refractivity contribution in [3.8, 4) is 0 Å². The van der Waals surface area contributed by atoms with Gasteiger partial charge in [0.2, 0.25) is 0 Å². The number of hydrogen-bond acceptors (Lipinski definition) is 2. The molecule has 0 aromatic heterocycles. The van der Waals surface area contributed by atoms with Crippen LogP contribution in [0.3, 0.4) is 0 Å². The van der Waals surface area contributed by atoms with Crippen LogP contribution in [0.25, 0.3) is 0 Å². The molecule has 0 saturated heterocycles. The number of anilines is 1. The van der Waals surface area contributed by atoms with Gasteiger partial charge in [0, 0.05) is 10.2 Å². The first-order chi connectivity index (χ1) is 9.25. The number of aliphatic hydroxyl groups excluding tert-OH is 1. The van der Waals surface area contributed by atoms with Gasteiger partial charge in [0.05, 0.1) is 17.2 Å². The van der Waals surface area contributed by atoms with E-state index < -0.39 is 0 Å². The lowest BCUT2D eigenvalue weighted by molar-refractivity contribution is 0.0750. The van der Waals surface area contributed by atoms with Gasteiger partial charge in [-0.2, -0.15) is 0 Å². The summed E-state index contributed by atoms with van der Waals surface area (Å²) in [5.74, 6) is 0.606. The first kappa shape index (κ1) is 16.1. The number of halogens is 2. The van der Waals surface area contributed by atoms with E-state index in [1.165, 1.54) is 6.42 Å². The van der Waals surface area contributed by atoms with E-state index in [1.807, 2.05) is 18.2 Å². The third kappa shape index (κ3) is 3.69. The zero-order valence-corrected chi connectivity index (χ0v) is 14.7. The zero-order chi connectivity index (χ0) is 15.0. The lowest BCUT2D eigenvalue weighted by Crippen LogP contribution is -2.50. The van der Waals surface area contributed by atoms with Gasteiger partial charge in [0.15, 0.2) is 0 Å². The van der Waals surface area contributed by atoms with Crippen LogP contribution in [0.15, 0.2) is 22.7 Å². The minimum absolute atomic E-state index is 0.154. The molecule has 1 fully saturated rings. The molecule has 1 saturated carbocycles. The van der Waals surface area contributed by atoms with Crippen molar-refractivity contribution in [2.24, 2.45) is 11.3 Å². The monoisotopic (exact) mass is 359 g/mol. The largest absolute Gasteiger partial charge is 0.394 e. The Morgan fingerprint density at radius 1 is 1.40 bits per heavy atom. The molecule has 0 spiro atoms. The molecule has 112 valence electrons. The lowest BCUT2D eigenvalue weighted by atomic mass is 9.64. The van der Waals surface area contributed by atoms with Gasteiger partial charge in [0.1, 0.15) is 0 Å².